The quantitative estimate of drug-likeness (QED) is 0.831. The van der Waals surface area contributed by atoms with Gasteiger partial charge in [0, 0.05) is 25.6 Å². The van der Waals surface area contributed by atoms with E-state index in [1.807, 2.05) is 0 Å². The zero-order chi connectivity index (χ0) is 14.5. The van der Waals surface area contributed by atoms with E-state index in [0.29, 0.717) is 5.91 Å². The second-order valence-electron chi connectivity index (χ2n) is 7.11. The van der Waals surface area contributed by atoms with Crippen LogP contribution in [-0.4, -0.2) is 61.0 Å². The maximum Gasteiger partial charge on any atom is 0.222 e. The Morgan fingerprint density at radius 3 is 2.26 bits per heavy atom. The molecule has 0 aliphatic carbocycles. The van der Waals surface area contributed by atoms with Crippen molar-refractivity contribution in [3.05, 3.63) is 0 Å². The van der Waals surface area contributed by atoms with Crippen molar-refractivity contribution in [2.75, 3.05) is 39.3 Å². The summed E-state index contributed by atoms with van der Waals surface area (Å²) in [6.45, 7) is 6.80. The van der Waals surface area contributed by atoms with Crippen molar-refractivity contribution in [3.63, 3.8) is 0 Å². The Balaban J connectivity index is 0.00000132. The summed E-state index contributed by atoms with van der Waals surface area (Å²) in [7, 11) is 0. The number of amides is 1. The number of rotatable bonds is 4. The lowest BCUT2D eigenvalue weighted by Crippen LogP contribution is -2.48. The van der Waals surface area contributed by atoms with E-state index < -0.39 is 0 Å². The number of carbonyl (C=O) groups excluding carboxylic acids is 1. The Hall–Kier alpha value is -0.0300. The molecule has 3 fully saturated rings. The van der Waals surface area contributed by atoms with Crippen molar-refractivity contribution in [1.82, 2.24) is 15.1 Å². The molecule has 0 aromatic carbocycles. The van der Waals surface area contributed by atoms with E-state index in [0.717, 1.165) is 51.0 Å². The normalized spacial score (nSPS) is 26.4. The second-order valence-corrected chi connectivity index (χ2v) is 7.11. The van der Waals surface area contributed by atoms with Crippen molar-refractivity contribution >= 4 is 30.7 Å². The molecule has 4 nitrogen and oxygen atoms in total. The lowest BCUT2D eigenvalue weighted by atomic mass is 9.98. The average molecular weight is 366 g/mol. The van der Waals surface area contributed by atoms with E-state index >= 15 is 0 Å². The molecule has 0 bridgehead atoms. The van der Waals surface area contributed by atoms with Crippen LogP contribution in [0.2, 0.25) is 0 Å². The number of halogens is 2. The zero-order valence-electron chi connectivity index (χ0n) is 14.2. The number of hydrogen-bond acceptors (Lipinski definition) is 3. The number of carbonyl (C=O) groups is 1. The van der Waals surface area contributed by atoms with Gasteiger partial charge < -0.3 is 15.1 Å². The van der Waals surface area contributed by atoms with Crippen LogP contribution in [0.4, 0.5) is 0 Å². The average Bonchev–Trinajstić information content (AvgIpc) is 3.07. The highest BCUT2D eigenvalue weighted by Crippen LogP contribution is 2.22. The molecule has 3 rings (SSSR count). The fourth-order valence-electron chi connectivity index (χ4n) is 4.21. The highest BCUT2D eigenvalue weighted by Gasteiger charge is 2.27. The van der Waals surface area contributed by atoms with Gasteiger partial charge in [0.15, 0.2) is 0 Å². The molecule has 3 heterocycles. The first-order chi connectivity index (χ1) is 10.3. The molecule has 0 aromatic rings. The third-order valence-corrected chi connectivity index (χ3v) is 5.65. The minimum Gasteiger partial charge on any atom is -0.343 e. The summed E-state index contributed by atoms with van der Waals surface area (Å²) in [6, 6.07) is 0.744. The van der Waals surface area contributed by atoms with Crippen LogP contribution in [0.15, 0.2) is 0 Å². The zero-order valence-corrected chi connectivity index (χ0v) is 15.8. The summed E-state index contributed by atoms with van der Waals surface area (Å²) in [4.78, 5) is 17.1. The number of nitrogens with one attached hydrogen (secondary N) is 1. The van der Waals surface area contributed by atoms with Crippen LogP contribution in [-0.2, 0) is 4.79 Å². The predicted octanol–water partition coefficient (Wildman–Crippen LogP) is 2.70. The third kappa shape index (κ3) is 6.08. The Morgan fingerprint density at radius 2 is 1.65 bits per heavy atom. The van der Waals surface area contributed by atoms with Crippen LogP contribution in [0, 0.1) is 5.92 Å². The fraction of sp³-hybridized carbons (Fsp3) is 0.941. The van der Waals surface area contributed by atoms with E-state index in [1.54, 1.807) is 0 Å². The summed E-state index contributed by atoms with van der Waals surface area (Å²) in [5.74, 6) is 1.14. The molecular weight excluding hydrogens is 333 g/mol. The van der Waals surface area contributed by atoms with Gasteiger partial charge in [0.05, 0.1) is 0 Å². The molecule has 3 saturated heterocycles. The Bertz CT molecular complexity index is 337. The number of nitrogens with zero attached hydrogens (tertiary/aromatic N) is 2. The first-order valence-electron chi connectivity index (χ1n) is 9.05. The Kier molecular flexibility index (Phi) is 9.83. The second kappa shape index (κ2) is 10.8. The van der Waals surface area contributed by atoms with Gasteiger partial charge in [-0.15, -0.1) is 24.8 Å². The minimum absolute atomic E-state index is 0. The van der Waals surface area contributed by atoms with Crippen molar-refractivity contribution in [3.8, 4) is 0 Å². The Morgan fingerprint density at radius 1 is 0.957 bits per heavy atom. The molecular formula is C17H33Cl2N3O. The number of piperidine rings is 2. The van der Waals surface area contributed by atoms with Crippen molar-refractivity contribution in [2.24, 2.45) is 5.92 Å². The molecule has 1 unspecified atom stereocenters. The maximum atomic E-state index is 12.3. The van der Waals surface area contributed by atoms with Gasteiger partial charge in [0.25, 0.3) is 0 Å². The van der Waals surface area contributed by atoms with E-state index in [9.17, 15) is 4.79 Å². The van der Waals surface area contributed by atoms with Gasteiger partial charge in [-0.25, -0.2) is 0 Å². The van der Waals surface area contributed by atoms with Gasteiger partial charge in [-0.3, -0.25) is 4.79 Å². The third-order valence-electron chi connectivity index (χ3n) is 5.65. The fourth-order valence-corrected chi connectivity index (χ4v) is 4.21. The smallest absolute Gasteiger partial charge is 0.222 e. The van der Waals surface area contributed by atoms with Gasteiger partial charge in [0.1, 0.15) is 0 Å². The maximum absolute atomic E-state index is 12.3. The monoisotopic (exact) mass is 365 g/mol. The number of hydrogen-bond donors (Lipinski definition) is 1. The van der Waals surface area contributed by atoms with Gasteiger partial charge in [0.2, 0.25) is 5.91 Å². The van der Waals surface area contributed by atoms with E-state index in [4.69, 9.17) is 0 Å². The highest BCUT2D eigenvalue weighted by atomic mass is 35.5. The van der Waals surface area contributed by atoms with Gasteiger partial charge in [-0.05, 0) is 70.6 Å². The van der Waals surface area contributed by atoms with E-state index in [-0.39, 0.29) is 24.8 Å². The molecule has 3 aliphatic heterocycles. The molecule has 6 heteroatoms. The van der Waals surface area contributed by atoms with Crippen molar-refractivity contribution < 1.29 is 4.79 Å². The summed E-state index contributed by atoms with van der Waals surface area (Å²) < 4.78 is 0. The largest absolute Gasteiger partial charge is 0.343 e. The highest BCUT2D eigenvalue weighted by molar-refractivity contribution is 5.85. The molecule has 23 heavy (non-hydrogen) atoms. The van der Waals surface area contributed by atoms with Crippen molar-refractivity contribution in [2.45, 2.75) is 57.4 Å². The van der Waals surface area contributed by atoms with Gasteiger partial charge in [-0.1, -0.05) is 6.42 Å². The molecule has 1 atom stereocenters. The van der Waals surface area contributed by atoms with Gasteiger partial charge in [-0.2, -0.15) is 0 Å². The predicted molar refractivity (Wildman–Crippen MR) is 99.7 cm³/mol. The van der Waals surface area contributed by atoms with Gasteiger partial charge >= 0.3 is 0 Å². The molecule has 0 saturated carbocycles. The lowest BCUT2D eigenvalue weighted by Gasteiger charge is -2.40. The summed E-state index contributed by atoms with van der Waals surface area (Å²) in [5, 5.41) is 3.39. The van der Waals surface area contributed by atoms with Crippen LogP contribution >= 0.6 is 24.8 Å². The first-order valence-corrected chi connectivity index (χ1v) is 9.05. The molecule has 1 amide bonds. The van der Waals surface area contributed by atoms with E-state index in [2.05, 4.69) is 15.1 Å². The van der Waals surface area contributed by atoms with Crippen LogP contribution in [0.5, 0.6) is 0 Å². The summed E-state index contributed by atoms with van der Waals surface area (Å²) in [5.41, 5.74) is 0. The number of likely N-dealkylation sites (tertiary alicyclic amines) is 2. The lowest BCUT2D eigenvalue weighted by molar-refractivity contribution is -0.133. The summed E-state index contributed by atoms with van der Waals surface area (Å²) >= 11 is 0. The van der Waals surface area contributed by atoms with E-state index in [1.165, 1.54) is 51.6 Å². The van der Waals surface area contributed by atoms with Crippen LogP contribution < -0.4 is 5.32 Å². The molecule has 136 valence electrons. The van der Waals surface area contributed by atoms with Crippen LogP contribution in [0.3, 0.4) is 0 Å². The van der Waals surface area contributed by atoms with Crippen molar-refractivity contribution in [1.29, 1.82) is 0 Å². The van der Waals surface area contributed by atoms with Crippen LogP contribution in [0.1, 0.15) is 51.4 Å². The summed E-state index contributed by atoms with van der Waals surface area (Å²) in [6.07, 6.45) is 9.63. The molecule has 1 N–H and O–H groups in total. The molecule has 0 spiro atoms. The molecule has 0 aromatic heterocycles. The topological polar surface area (TPSA) is 35.6 Å². The first kappa shape index (κ1) is 21.0. The molecule has 0 radical (unpaired) electrons. The molecule has 3 aliphatic rings. The van der Waals surface area contributed by atoms with Crippen LogP contribution in [0.25, 0.3) is 0 Å². The Labute approximate surface area is 153 Å². The SMILES string of the molecule is Cl.Cl.O=C(CCC1CCNC1)N1CCC(N2CCCCC2)CC1. The standard InChI is InChI=1S/C17H31N3O.2ClH/c21-17(5-4-15-6-9-18-14-15)20-12-7-16(8-13-20)19-10-2-1-3-11-19;;/h15-16,18H,1-14H2;2*1H. The minimum atomic E-state index is 0.